The maximum Gasteiger partial charge on any atom is 0.419 e. The highest BCUT2D eigenvalue weighted by molar-refractivity contribution is 5.41. The van der Waals surface area contributed by atoms with E-state index in [1.807, 2.05) is 0 Å². The second kappa shape index (κ2) is 5.46. The Morgan fingerprint density at radius 1 is 1.25 bits per heavy atom. The van der Waals surface area contributed by atoms with Crippen LogP contribution in [-0.2, 0) is 12.7 Å². The number of alkyl halides is 3. The van der Waals surface area contributed by atoms with Crippen LogP contribution in [-0.4, -0.2) is 10.2 Å². The molecule has 0 bridgehead atoms. The molecule has 0 spiro atoms. The van der Waals surface area contributed by atoms with Gasteiger partial charge in [-0.3, -0.25) is 0 Å². The van der Waals surface area contributed by atoms with E-state index >= 15 is 0 Å². The highest BCUT2D eigenvalue weighted by atomic mass is 19.4. The van der Waals surface area contributed by atoms with E-state index in [1.165, 1.54) is 24.4 Å². The number of benzene rings is 1. The molecule has 2 rings (SSSR count). The van der Waals surface area contributed by atoms with Gasteiger partial charge in [-0.1, -0.05) is 6.07 Å². The number of aryl methyl sites for hydroxylation is 1. The molecule has 20 heavy (non-hydrogen) atoms. The minimum atomic E-state index is -4.53. The fourth-order valence-corrected chi connectivity index (χ4v) is 1.61. The van der Waals surface area contributed by atoms with Gasteiger partial charge in [0.1, 0.15) is 5.75 Å². The smallest absolute Gasteiger partial charge is 0.419 e. The van der Waals surface area contributed by atoms with E-state index in [0.717, 1.165) is 11.6 Å². The van der Waals surface area contributed by atoms with Crippen LogP contribution in [0.5, 0.6) is 11.6 Å². The molecule has 0 aliphatic heterocycles. The van der Waals surface area contributed by atoms with Crippen LogP contribution in [0.2, 0.25) is 0 Å². The first-order valence-corrected chi connectivity index (χ1v) is 5.77. The molecule has 1 aromatic carbocycles. The van der Waals surface area contributed by atoms with Gasteiger partial charge in [0.25, 0.3) is 0 Å². The molecule has 1 aromatic heterocycles. The molecule has 0 amide bonds. The van der Waals surface area contributed by atoms with Crippen molar-refractivity contribution >= 4 is 0 Å². The number of hydrogen-bond acceptors (Lipinski definition) is 4. The van der Waals surface area contributed by atoms with Crippen molar-refractivity contribution in [3.05, 3.63) is 47.2 Å². The number of ether oxygens (including phenoxy) is 1. The zero-order chi connectivity index (χ0) is 14.8. The van der Waals surface area contributed by atoms with E-state index in [9.17, 15) is 13.2 Å². The Morgan fingerprint density at radius 2 is 2.00 bits per heavy atom. The molecule has 0 saturated heterocycles. The minimum Gasteiger partial charge on any atom is -0.437 e. The van der Waals surface area contributed by atoms with Crippen molar-refractivity contribution in [3.63, 3.8) is 0 Å². The quantitative estimate of drug-likeness (QED) is 0.940. The summed E-state index contributed by atoms with van der Waals surface area (Å²) in [4.78, 5) is 0. The second-order valence-corrected chi connectivity index (χ2v) is 4.21. The molecule has 7 heteroatoms. The third-order valence-electron chi connectivity index (χ3n) is 2.57. The first kappa shape index (κ1) is 14.3. The normalized spacial score (nSPS) is 11.4. The van der Waals surface area contributed by atoms with E-state index in [0.29, 0.717) is 5.56 Å². The highest BCUT2D eigenvalue weighted by Crippen LogP contribution is 2.38. The van der Waals surface area contributed by atoms with Crippen molar-refractivity contribution in [1.29, 1.82) is 0 Å². The Balaban J connectivity index is 2.41. The van der Waals surface area contributed by atoms with E-state index in [4.69, 9.17) is 10.5 Å². The summed E-state index contributed by atoms with van der Waals surface area (Å²) < 4.78 is 44.2. The molecule has 2 aromatic rings. The second-order valence-electron chi connectivity index (χ2n) is 4.21. The summed E-state index contributed by atoms with van der Waals surface area (Å²) in [5.41, 5.74) is 5.58. The average molecular weight is 283 g/mol. The van der Waals surface area contributed by atoms with Gasteiger partial charge in [-0.15, -0.1) is 5.10 Å². The molecule has 1 heterocycles. The van der Waals surface area contributed by atoms with Crippen LogP contribution < -0.4 is 10.5 Å². The molecule has 0 saturated carbocycles. The van der Waals surface area contributed by atoms with Gasteiger partial charge in [0.05, 0.1) is 11.8 Å². The Bertz CT molecular complexity index is 614. The van der Waals surface area contributed by atoms with E-state index < -0.39 is 11.7 Å². The lowest BCUT2D eigenvalue weighted by Crippen LogP contribution is -2.09. The average Bonchev–Trinajstić information content (AvgIpc) is 2.38. The van der Waals surface area contributed by atoms with Gasteiger partial charge in [-0.2, -0.15) is 18.3 Å². The van der Waals surface area contributed by atoms with E-state index in [1.54, 1.807) is 6.92 Å². The lowest BCUT2D eigenvalue weighted by atomic mass is 10.1. The fraction of sp³-hybridized carbons (Fsp3) is 0.231. The van der Waals surface area contributed by atoms with Gasteiger partial charge in [0, 0.05) is 12.6 Å². The van der Waals surface area contributed by atoms with Crippen LogP contribution in [0.1, 0.15) is 16.7 Å². The van der Waals surface area contributed by atoms with Gasteiger partial charge in [-0.25, -0.2) is 0 Å². The van der Waals surface area contributed by atoms with Crippen molar-refractivity contribution in [2.75, 3.05) is 0 Å². The highest BCUT2D eigenvalue weighted by Gasteiger charge is 2.35. The number of rotatable bonds is 3. The predicted octanol–water partition coefficient (Wildman–Crippen LogP) is 3.05. The molecule has 0 radical (unpaired) electrons. The monoisotopic (exact) mass is 283 g/mol. The summed E-state index contributed by atoms with van der Waals surface area (Å²) in [6, 6.07) is 5.19. The van der Waals surface area contributed by atoms with E-state index in [-0.39, 0.29) is 18.2 Å². The van der Waals surface area contributed by atoms with Crippen LogP contribution >= 0.6 is 0 Å². The maximum atomic E-state index is 13.0. The number of nitrogens with two attached hydrogens (primary N) is 1. The van der Waals surface area contributed by atoms with Gasteiger partial charge in [0.15, 0.2) is 0 Å². The minimum absolute atomic E-state index is 0.0102. The Kier molecular flexibility index (Phi) is 3.89. The Morgan fingerprint density at radius 3 is 2.60 bits per heavy atom. The summed E-state index contributed by atoms with van der Waals surface area (Å²) in [6.07, 6.45) is -3.05. The summed E-state index contributed by atoms with van der Waals surface area (Å²) >= 11 is 0. The lowest BCUT2D eigenvalue weighted by molar-refractivity contribution is -0.138. The summed E-state index contributed by atoms with van der Waals surface area (Å²) in [6.45, 7) is 1.76. The molecule has 2 N–H and O–H groups in total. The van der Waals surface area contributed by atoms with Gasteiger partial charge in [-0.05, 0) is 30.2 Å². The molecule has 0 fully saturated rings. The van der Waals surface area contributed by atoms with Crippen molar-refractivity contribution in [2.45, 2.75) is 19.6 Å². The van der Waals surface area contributed by atoms with Crippen LogP contribution in [0.3, 0.4) is 0 Å². The lowest BCUT2D eigenvalue weighted by Gasteiger charge is -2.14. The van der Waals surface area contributed by atoms with Crippen LogP contribution in [0.25, 0.3) is 0 Å². The third-order valence-corrected chi connectivity index (χ3v) is 2.57. The standard InChI is InChI=1S/C13H12F3N3O/c1-8-4-12(19-18-7-8)20-11-3-2-9(6-17)5-10(11)13(14,15)16/h2-5,7H,6,17H2,1H3. The number of halogens is 3. The molecule has 0 atom stereocenters. The molecular weight excluding hydrogens is 271 g/mol. The molecule has 4 nitrogen and oxygen atoms in total. The van der Waals surface area contributed by atoms with Crippen LogP contribution in [0.4, 0.5) is 13.2 Å². The Hall–Kier alpha value is -2.15. The van der Waals surface area contributed by atoms with Gasteiger partial charge >= 0.3 is 6.18 Å². The zero-order valence-corrected chi connectivity index (χ0v) is 10.6. The third kappa shape index (κ3) is 3.24. The fourth-order valence-electron chi connectivity index (χ4n) is 1.61. The Labute approximate surface area is 113 Å². The molecule has 0 unspecified atom stereocenters. The largest absolute Gasteiger partial charge is 0.437 e. The number of aromatic nitrogens is 2. The van der Waals surface area contributed by atoms with Gasteiger partial charge in [0.2, 0.25) is 5.88 Å². The summed E-state index contributed by atoms with van der Waals surface area (Å²) in [5, 5.41) is 7.27. The van der Waals surface area contributed by atoms with Crippen molar-refractivity contribution in [1.82, 2.24) is 10.2 Å². The van der Waals surface area contributed by atoms with Crippen LogP contribution in [0, 0.1) is 6.92 Å². The van der Waals surface area contributed by atoms with Crippen LogP contribution in [0.15, 0.2) is 30.5 Å². The first-order chi connectivity index (χ1) is 9.40. The molecule has 106 valence electrons. The summed E-state index contributed by atoms with van der Waals surface area (Å²) in [7, 11) is 0. The molecule has 0 aliphatic carbocycles. The SMILES string of the molecule is Cc1cnnc(Oc2ccc(CN)cc2C(F)(F)F)c1. The van der Waals surface area contributed by atoms with Crippen molar-refractivity contribution in [3.8, 4) is 11.6 Å². The maximum absolute atomic E-state index is 13.0. The number of hydrogen-bond donors (Lipinski definition) is 1. The predicted molar refractivity (Wildman–Crippen MR) is 66.2 cm³/mol. The summed E-state index contributed by atoms with van der Waals surface area (Å²) in [5.74, 6) is -0.314. The zero-order valence-electron chi connectivity index (χ0n) is 10.6. The first-order valence-electron chi connectivity index (χ1n) is 5.77. The number of nitrogens with zero attached hydrogens (tertiary/aromatic N) is 2. The van der Waals surface area contributed by atoms with Crippen molar-refractivity contribution in [2.24, 2.45) is 5.73 Å². The molecular formula is C13H12F3N3O. The van der Waals surface area contributed by atoms with Gasteiger partial charge < -0.3 is 10.5 Å². The van der Waals surface area contributed by atoms with E-state index in [2.05, 4.69) is 10.2 Å². The topological polar surface area (TPSA) is 61.0 Å². The molecule has 0 aliphatic rings. The van der Waals surface area contributed by atoms with Crippen molar-refractivity contribution < 1.29 is 17.9 Å².